The molecule has 0 atom stereocenters. The van der Waals surface area contributed by atoms with Crippen molar-refractivity contribution in [3.63, 3.8) is 0 Å². The number of carbonyl (C=O) groups excluding carboxylic acids is 1. The summed E-state index contributed by atoms with van der Waals surface area (Å²) in [6.45, 7) is 1.98. The van der Waals surface area contributed by atoms with Crippen molar-refractivity contribution in [2.75, 3.05) is 10.6 Å². The van der Waals surface area contributed by atoms with E-state index in [2.05, 4.69) is 20.8 Å². The number of hydrogen-bond donors (Lipinski definition) is 2. The molecule has 0 spiro atoms. The predicted octanol–water partition coefficient (Wildman–Crippen LogP) is 3.99. The number of hydrogen-bond acceptors (Lipinski definition) is 4. The Morgan fingerprint density at radius 2 is 1.62 bits per heavy atom. The van der Waals surface area contributed by atoms with Gasteiger partial charge in [-0.05, 0) is 36.8 Å². The third-order valence-electron chi connectivity index (χ3n) is 3.61. The molecule has 5 nitrogen and oxygen atoms in total. The lowest BCUT2D eigenvalue weighted by atomic mass is 10.1. The predicted molar refractivity (Wildman–Crippen MR) is 95.2 cm³/mol. The number of benzene rings is 2. The highest BCUT2D eigenvalue weighted by Crippen LogP contribution is 2.17. The van der Waals surface area contributed by atoms with Crippen LogP contribution in [0.1, 0.15) is 11.1 Å². The topological polar surface area (TPSA) is 66.9 Å². The minimum absolute atomic E-state index is 0.204. The molecule has 132 valence electrons. The van der Waals surface area contributed by atoms with Crippen molar-refractivity contribution in [1.82, 2.24) is 10.2 Å². The van der Waals surface area contributed by atoms with Gasteiger partial charge in [-0.3, -0.25) is 4.79 Å². The van der Waals surface area contributed by atoms with Crippen molar-refractivity contribution in [1.29, 1.82) is 0 Å². The fraction of sp³-hybridized carbons (Fsp3) is 0.105. The van der Waals surface area contributed by atoms with Crippen LogP contribution in [0.4, 0.5) is 26.1 Å². The number of aromatic nitrogens is 2. The average Bonchev–Trinajstić information content (AvgIpc) is 2.62. The maximum absolute atomic E-state index is 13.2. The highest BCUT2D eigenvalue weighted by molar-refractivity contribution is 5.91. The van der Waals surface area contributed by atoms with E-state index < -0.39 is 11.6 Å². The van der Waals surface area contributed by atoms with Crippen molar-refractivity contribution in [2.24, 2.45) is 0 Å². The summed E-state index contributed by atoms with van der Waals surface area (Å²) < 4.78 is 26.1. The summed E-state index contributed by atoms with van der Waals surface area (Å²) in [7, 11) is 0. The highest BCUT2D eigenvalue weighted by Gasteiger charge is 2.07. The van der Waals surface area contributed by atoms with Crippen LogP contribution in [0.5, 0.6) is 0 Å². The molecule has 3 aromatic rings. The molecule has 0 bridgehead atoms. The van der Waals surface area contributed by atoms with E-state index in [1.807, 2.05) is 31.2 Å². The molecule has 0 unspecified atom stereocenters. The third-order valence-corrected chi connectivity index (χ3v) is 3.61. The second-order valence-corrected chi connectivity index (χ2v) is 5.77. The molecule has 0 radical (unpaired) electrons. The van der Waals surface area contributed by atoms with E-state index in [0.717, 1.165) is 23.3 Å². The molecule has 0 aliphatic rings. The second-order valence-electron chi connectivity index (χ2n) is 5.77. The molecule has 1 aromatic heterocycles. The molecule has 1 heterocycles. The van der Waals surface area contributed by atoms with Gasteiger partial charge in [0.25, 0.3) is 0 Å². The summed E-state index contributed by atoms with van der Waals surface area (Å²) in [5, 5.41) is 13.3. The number of nitrogens with zero attached hydrogens (tertiary/aromatic N) is 2. The van der Waals surface area contributed by atoms with Gasteiger partial charge in [0.2, 0.25) is 5.91 Å². The standard InChI is InChI=1S/C19H16F2N4O/c1-12-2-4-13(5-3-12)10-19(26)23-18-9-8-17(24-25-18)22-14-6-7-15(20)16(21)11-14/h2-9,11H,10H2,1H3,(H,22,24)(H,23,25,26). The van der Waals surface area contributed by atoms with E-state index in [0.29, 0.717) is 17.3 Å². The molecule has 2 N–H and O–H groups in total. The maximum atomic E-state index is 13.2. The molecule has 0 saturated heterocycles. The number of halogens is 2. The Morgan fingerprint density at radius 3 is 2.27 bits per heavy atom. The summed E-state index contributed by atoms with van der Waals surface area (Å²) in [5.74, 6) is -1.44. The van der Waals surface area contributed by atoms with Crippen LogP contribution in [0.15, 0.2) is 54.6 Å². The number of amides is 1. The van der Waals surface area contributed by atoms with Gasteiger partial charge in [0.05, 0.1) is 6.42 Å². The van der Waals surface area contributed by atoms with Crippen LogP contribution in [-0.4, -0.2) is 16.1 Å². The largest absolute Gasteiger partial charge is 0.339 e. The van der Waals surface area contributed by atoms with Gasteiger partial charge in [-0.15, -0.1) is 10.2 Å². The van der Waals surface area contributed by atoms with Crippen molar-refractivity contribution in [2.45, 2.75) is 13.3 Å². The molecular formula is C19H16F2N4O. The second kappa shape index (κ2) is 7.69. The number of anilines is 3. The van der Waals surface area contributed by atoms with Crippen LogP contribution < -0.4 is 10.6 Å². The van der Waals surface area contributed by atoms with Crippen molar-refractivity contribution in [3.8, 4) is 0 Å². The van der Waals surface area contributed by atoms with Gasteiger partial charge >= 0.3 is 0 Å². The van der Waals surface area contributed by atoms with Crippen molar-refractivity contribution in [3.05, 3.63) is 77.4 Å². The molecule has 1 amide bonds. The average molecular weight is 354 g/mol. The summed E-state index contributed by atoms with van der Waals surface area (Å²) in [6, 6.07) is 14.3. The monoisotopic (exact) mass is 354 g/mol. The Hall–Kier alpha value is -3.35. The van der Waals surface area contributed by atoms with Crippen molar-refractivity contribution < 1.29 is 13.6 Å². The zero-order valence-corrected chi connectivity index (χ0v) is 14.0. The lowest BCUT2D eigenvalue weighted by Crippen LogP contribution is -2.15. The lowest BCUT2D eigenvalue weighted by Gasteiger charge is -2.07. The highest BCUT2D eigenvalue weighted by atomic mass is 19.2. The molecule has 0 aliphatic carbocycles. The fourth-order valence-corrected chi connectivity index (χ4v) is 2.27. The zero-order valence-electron chi connectivity index (χ0n) is 14.0. The van der Waals surface area contributed by atoms with E-state index in [4.69, 9.17) is 0 Å². The number of nitrogens with one attached hydrogen (secondary N) is 2. The Balaban J connectivity index is 1.59. The first-order chi connectivity index (χ1) is 12.5. The summed E-state index contributed by atoms with van der Waals surface area (Å²) >= 11 is 0. The van der Waals surface area contributed by atoms with Gasteiger partial charge in [0.15, 0.2) is 23.3 Å². The first-order valence-corrected chi connectivity index (χ1v) is 7.91. The third kappa shape index (κ3) is 4.60. The normalized spacial score (nSPS) is 10.4. The summed E-state index contributed by atoms with van der Waals surface area (Å²) in [6.07, 6.45) is 0.233. The first-order valence-electron chi connectivity index (χ1n) is 7.91. The van der Waals surface area contributed by atoms with Gasteiger partial charge in [0.1, 0.15) is 0 Å². The van der Waals surface area contributed by atoms with Crippen molar-refractivity contribution >= 4 is 23.2 Å². The molecule has 26 heavy (non-hydrogen) atoms. The van der Waals surface area contributed by atoms with Gasteiger partial charge in [-0.1, -0.05) is 29.8 Å². The number of rotatable bonds is 5. The maximum Gasteiger partial charge on any atom is 0.229 e. The lowest BCUT2D eigenvalue weighted by molar-refractivity contribution is -0.115. The van der Waals surface area contributed by atoms with E-state index in [1.165, 1.54) is 6.07 Å². The van der Waals surface area contributed by atoms with Gasteiger partial charge < -0.3 is 10.6 Å². The summed E-state index contributed by atoms with van der Waals surface area (Å²) in [5.41, 5.74) is 2.37. The van der Waals surface area contributed by atoms with Gasteiger partial charge in [0, 0.05) is 11.8 Å². The van der Waals surface area contributed by atoms with Crippen LogP contribution in [0, 0.1) is 18.6 Å². The SMILES string of the molecule is Cc1ccc(CC(=O)Nc2ccc(Nc3ccc(F)c(F)c3)nn2)cc1. The van der Waals surface area contributed by atoms with Crippen LogP contribution in [0.3, 0.4) is 0 Å². The number of carbonyl (C=O) groups is 1. The molecule has 0 saturated carbocycles. The Morgan fingerprint density at radius 1 is 0.923 bits per heavy atom. The Labute approximate surface area is 149 Å². The molecule has 2 aromatic carbocycles. The van der Waals surface area contributed by atoms with Gasteiger partial charge in [-0.2, -0.15) is 0 Å². The van der Waals surface area contributed by atoms with Crippen LogP contribution in [0.25, 0.3) is 0 Å². The summed E-state index contributed by atoms with van der Waals surface area (Å²) in [4.78, 5) is 12.0. The number of aryl methyl sites for hydroxylation is 1. The quantitative estimate of drug-likeness (QED) is 0.727. The first kappa shape index (κ1) is 17.5. The van der Waals surface area contributed by atoms with Crippen LogP contribution >= 0.6 is 0 Å². The molecule has 7 heteroatoms. The smallest absolute Gasteiger partial charge is 0.229 e. The molecule has 0 fully saturated rings. The minimum Gasteiger partial charge on any atom is -0.339 e. The van der Waals surface area contributed by atoms with E-state index in [1.54, 1.807) is 12.1 Å². The zero-order chi connectivity index (χ0) is 18.5. The fourth-order valence-electron chi connectivity index (χ4n) is 2.27. The van der Waals surface area contributed by atoms with Crippen LogP contribution in [-0.2, 0) is 11.2 Å². The Kier molecular flexibility index (Phi) is 5.17. The van der Waals surface area contributed by atoms with E-state index in [9.17, 15) is 13.6 Å². The minimum atomic E-state index is -0.956. The molecule has 0 aliphatic heterocycles. The molecular weight excluding hydrogens is 338 g/mol. The Bertz CT molecular complexity index is 912. The van der Waals surface area contributed by atoms with Crippen LogP contribution in [0.2, 0.25) is 0 Å². The molecule has 3 rings (SSSR count). The van der Waals surface area contributed by atoms with E-state index in [-0.39, 0.29) is 12.3 Å². The van der Waals surface area contributed by atoms with Gasteiger partial charge in [-0.25, -0.2) is 8.78 Å². The van der Waals surface area contributed by atoms with E-state index >= 15 is 0 Å².